The molecule has 0 saturated carbocycles. The lowest BCUT2D eigenvalue weighted by molar-refractivity contribution is 0.201. The van der Waals surface area contributed by atoms with Crippen LogP contribution in [0.4, 0.5) is 0 Å². The standard InChI is InChI=1S/C17H14N2O2S.C10H11NO2/c1-10(20)13-9-18-14-7-6-11(8-12(13)14)21-17-19-15-4-2-3-5-16(15)22-17;12-4-3-7-6-11-10-2-1-8(13)5-9(7)10/h2-10,18,20H,1H3;1-2,5-6,11-13H,3-4H2. The van der Waals surface area contributed by atoms with Crippen molar-refractivity contribution in [1.82, 2.24) is 15.0 Å². The number of hydrogen-bond acceptors (Lipinski definition) is 6. The Labute approximate surface area is 205 Å². The van der Waals surface area contributed by atoms with Crippen LogP contribution < -0.4 is 4.74 Å². The van der Waals surface area contributed by atoms with Crippen molar-refractivity contribution < 1.29 is 20.1 Å². The summed E-state index contributed by atoms with van der Waals surface area (Å²) in [6.07, 6.45) is 3.78. The van der Waals surface area contributed by atoms with E-state index >= 15 is 0 Å². The summed E-state index contributed by atoms with van der Waals surface area (Å²) in [5.41, 5.74) is 4.81. The number of nitrogens with one attached hydrogen (secondary N) is 2. The van der Waals surface area contributed by atoms with Gasteiger partial charge in [-0.05, 0) is 67.4 Å². The summed E-state index contributed by atoms with van der Waals surface area (Å²) < 4.78 is 6.99. The van der Waals surface area contributed by atoms with Crippen LogP contribution in [0.25, 0.3) is 32.0 Å². The van der Waals surface area contributed by atoms with Gasteiger partial charge in [0.15, 0.2) is 0 Å². The topological polar surface area (TPSA) is 114 Å². The Balaban J connectivity index is 0.000000166. The molecule has 0 amide bonds. The fraction of sp³-hybridized carbons (Fsp3) is 0.148. The van der Waals surface area contributed by atoms with Crippen LogP contribution in [0.1, 0.15) is 24.2 Å². The highest BCUT2D eigenvalue weighted by atomic mass is 32.1. The maximum atomic E-state index is 9.82. The van der Waals surface area contributed by atoms with Gasteiger partial charge in [-0.3, -0.25) is 0 Å². The van der Waals surface area contributed by atoms with E-state index in [1.807, 2.05) is 60.9 Å². The highest BCUT2D eigenvalue weighted by Gasteiger charge is 2.11. The summed E-state index contributed by atoms with van der Waals surface area (Å²) in [4.78, 5) is 10.7. The zero-order valence-electron chi connectivity index (χ0n) is 19.0. The van der Waals surface area contributed by atoms with Gasteiger partial charge in [0.2, 0.25) is 0 Å². The third-order valence-corrected chi connectivity index (χ3v) is 6.66. The molecule has 1 unspecified atom stereocenters. The number of benzene rings is 3. The van der Waals surface area contributed by atoms with Gasteiger partial charge in [0.05, 0.1) is 16.3 Å². The largest absolute Gasteiger partial charge is 0.508 e. The highest BCUT2D eigenvalue weighted by Crippen LogP contribution is 2.33. The lowest BCUT2D eigenvalue weighted by atomic mass is 10.1. The first-order chi connectivity index (χ1) is 17.0. The second-order valence-electron chi connectivity index (χ2n) is 8.19. The molecule has 8 heteroatoms. The number of aromatic nitrogens is 3. The lowest BCUT2D eigenvalue weighted by Crippen LogP contribution is -1.88. The molecule has 0 bridgehead atoms. The predicted octanol–water partition coefficient (Wildman–Crippen LogP) is 6.03. The number of para-hydroxylation sites is 1. The Morgan fingerprint density at radius 3 is 2.54 bits per heavy atom. The fourth-order valence-electron chi connectivity index (χ4n) is 4.02. The molecule has 0 radical (unpaired) electrons. The van der Waals surface area contributed by atoms with Gasteiger partial charge >= 0.3 is 0 Å². The number of phenolic OH excluding ortho intramolecular Hbond substituents is 1. The number of fused-ring (bicyclic) bond motifs is 3. The number of rotatable bonds is 5. The molecule has 3 aromatic carbocycles. The van der Waals surface area contributed by atoms with E-state index in [-0.39, 0.29) is 12.4 Å². The van der Waals surface area contributed by atoms with Crippen LogP contribution in [-0.4, -0.2) is 36.9 Å². The van der Waals surface area contributed by atoms with Crippen molar-refractivity contribution in [2.24, 2.45) is 0 Å². The number of hydrogen-bond donors (Lipinski definition) is 5. The van der Waals surface area contributed by atoms with Crippen molar-refractivity contribution in [2.75, 3.05) is 6.61 Å². The lowest BCUT2D eigenvalue weighted by Gasteiger charge is -2.04. The smallest absolute Gasteiger partial charge is 0.279 e. The predicted molar refractivity (Wildman–Crippen MR) is 139 cm³/mol. The Morgan fingerprint density at radius 1 is 0.971 bits per heavy atom. The molecule has 0 fully saturated rings. The third-order valence-electron chi connectivity index (χ3n) is 5.75. The molecule has 0 aliphatic rings. The number of phenols is 1. The Kier molecular flexibility index (Phi) is 6.41. The summed E-state index contributed by atoms with van der Waals surface area (Å²) in [5, 5.41) is 30.4. The van der Waals surface area contributed by atoms with Crippen LogP contribution >= 0.6 is 11.3 Å². The average Bonchev–Trinajstić information content (AvgIpc) is 3.56. The van der Waals surface area contributed by atoms with Crippen molar-refractivity contribution in [3.8, 4) is 16.7 Å². The van der Waals surface area contributed by atoms with Crippen molar-refractivity contribution >= 4 is 43.4 Å². The van der Waals surface area contributed by atoms with E-state index in [1.54, 1.807) is 19.1 Å². The molecular weight excluding hydrogens is 462 g/mol. The van der Waals surface area contributed by atoms with E-state index < -0.39 is 6.10 Å². The number of aliphatic hydroxyl groups is 2. The molecule has 1 atom stereocenters. The summed E-state index contributed by atoms with van der Waals surface area (Å²) in [7, 11) is 0. The minimum absolute atomic E-state index is 0.128. The molecule has 6 aromatic rings. The molecule has 0 aliphatic carbocycles. The summed E-state index contributed by atoms with van der Waals surface area (Å²) in [6.45, 7) is 1.88. The number of nitrogens with zero attached hydrogens (tertiary/aromatic N) is 1. The van der Waals surface area contributed by atoms with Gasteiger partial charge in [0.25, 0.3) is 5.19 Å². The maximum Gasteiger partial charge on any atom is 0.279 e. The van der Waals surface area contributed by atoms with E-state index in [4.69, 9.17) is 9.84 Å². The van der Waals surface area contributed by atoms with Gasteiger partial charge in [-0.1, -0.05) is 23.5 Å². The molecule has 6 rings (SSSR count). The zero-order chi connectivity index (χ0) is 24.4. The molecule has 3 aromatic heterocycles. The molecule has 0 saturated heterocycles. The fourth-order valence-corrected chi connectivity index (χ4v) is 4.85. The molecule has 5 N–H and O–H groups in total. The minimum atomic E-state index is -0.522. The minimum Gasteiger partial charge on any atom is -0.508 e. The van der Waals surface area contributed by atoms with Gasteiger partial charge in [-0.25, -0.2) is 4.98 Å². The van der Waals surface area contributed by atoms with Gasteiger partial charge in [-0.15, -0.1) is 0 Å². The van der Waals surface area contributed by atoms with Crippen molar-refractivity contribution in [3.05, 3.63) is 84.2 Å². The second kappa shape index (κ2) is 9.79. The first kappa shape index (κ1) is 22.9. The van der Waals surface area contributed by atoms with Crippen LogP contribution in [0.15, 0.2) is 73.1 Å². The number of aliphatic hydroxyl groups excluding tert-OH is 2. The molecule has 7 nitrogen and oxygen atoms in total. The van der Waals surface area contributed by atoms with Crippen LogP contribution in [0.2, 0.25) is 0 Å². The zero-order valence-corrected chi connectivity index (χ0v) is 19.8. The monoisotopic (exact) mass is 487 g/mol. The van der Waals surface area contributed by atoms with Gasteiger partial charge in [-0.2, -0.15) is 0 Å². The number of thiazole rings is 1. The number of ether oxygens (including phenoxy) is 1. The third kappa shape index (κ3) is 4.85. The van der Waals surface area contributed by atoms with E-state index in [0.29, 0.717) is 17.4 Å². The second-order valence-corrected chi connectivity index (χ2v) is 9.19. The Morgan fingerprint density at radius 2 is 1.74 bits per heavy atom. The van der Waals surface area contributed by atoms with Crippen molar-refractivity contribution in [3.63, 3.8) is 0 Å². The molecule has 35 heavy (non-hydrogen) atoms. The summed E-state index contributed by atoms with van der Waals surface area (Å²) in [5.74, 6) is 0.972. The van der Waals surface area contributed by atoms with Crippen molar-refractivity contribution in [1.29, 1.82) is 0 Å². The average molecular weight is 488 g/mol. The molecule has 0 aliphatic heterocycles. The quantitative estimate of drug-likeness (QED) is 0.204. The number of H-pyrrole nitrogens is 2. The first-order valence-electron chi connectivity index (χ1n) is 11.2. The van der Waals surface area contributed by atoms with E-state index in [9.17, 15) is 10.2 Å². The van der Waals surface area contributed by atoms with Gasteiger partial charge in [0.1, 0.15) is 11.5 Å². The highest BCUT2D eigenvalue weighted by molar-refractivity contribution is 7.20. The molecule has 3 heterocycles. The van der Waals surface area contributed by atoms with E-state index in [1.165, 1.54) is 11.3 Å². The van der Waals surface area contributed by atoms with Crippen molar-refractivity contribution in [2.45, 2.75) is 19.4 Å². The van der Waals surface area contributed by atoms with Crippen LogP contribution in [0, 0.1) is 0 Å². The molecule has 0 spiro atoms. The Hall–Kier alpha value is -3.85. The first-order valence-corrected chi connectivity index (χ1v) is 12.1. The molecular formula is C27H25N3O4S. The van der Waals surface area contributed by atoms with Crippen LogP contribution in [0.5, 0.6) is 16.7 Å². The van der Waals surface area contributed by atoms with Crippen LogP contribution in [-0.2, 0) is 6.42 Å². The normalized spacial score (nSPS) is 12.1. The SMILES string of the molecule is CC(O)c1c[nH]c2ccc(Oc3nc4ccccc4s3)cc12.OCCc1c[nH]c2ccc(O)cc12. The van der Waals surface area contributed by atoms with E-state index in [0.717, 1.165) is 43.1 Å². The maximum absolute atomic E-state index is 9.82. The number of aromatic hydroxyl groups is 1. The van der Waals surface area contributed by atoms with Crippen LogP contribution in [0.3, 0.4) is 0 Å². The molecule has 178 valence electrons. The number of aromatic amines is 2. The summed E-state index contributed by atoms with van der Waals surface area (Å²) in [6, 6.07) is 18.9. The van der Waals surface area contributed by atoms with Gasteiger partial charge < -0.3 is 30.0 Å². The van der Waals surface area contributed by atoms with Gasteiger partial charge in [0, 0.05) is 46.4 Å². The summed E-state index contributed by atoms with van der Waals surface area (Å²) >= 11 is 1.52. The van der Waals surface area contributed by atoms with E-state index in [2.05, 4.69) is 15.0 Å². The Bertz CT molecular complexity index is 1570.